The van der Waals surface area contributed by atoms with Crippen molar-refractivity contribution in [3.8, 4) is 0 Å². The normalized spacial score (nSPS) is 12.2. The molecular formula is C18H17NO3. The van der Waals surface area contributed by atoms with E-state index < -0.39 is 12.0 Å². The maximum atomic E-state index is 12.3. The van der Waals surface area contributed by atoms with E-state index in [-0.39, 0.29) is 5.78 Å². The summed E-state index contributed by atoms with van der Waals surface area (Å²) in [6, 6.07) is 15.2. The van der Waals surface area contributed by atoms with Crippen LogP contribution in [0.5, 0.6) is 0 Å². The molecular weight excluding hydrogens is 278 g/mol. The smallest absolute Gasteiger partial charge is 0.328 e. The maximum absolute atomic E-state index is 12.3. The van der Waals surface area contributed by atoms with E-state index in [0.717, 1.165) is 5.56 Å². The third-order valence-corrected chi connectivity index (χ3v) is 3.30. The lowest BCUT2D eigenvalue weighted by Gasteiger charge is -2.08. The van der Waals surface area contributed by atoms with Crippen LogP contribution in [-0.2, 0) is 11.2 Å². The Bertz CT molecular complexity index is 675. The van der Waals surface area contributed by atoms with Gasteiger partial charge < -0.3 is 5.11 Å². The number of hydrogen-bond acceptors (Lipinski definition) is 3. The summed E-state index contributed by atoms with van der Waals surface area (Å²) in [5, 5.41) is 9.09. The summed E-state index contributed by atoms with van der Waals surface area (Å²) < 4.78 is 0. The SMILES string of the molecule is CC=NC(Cc1ccc(C(=O)c2ccccc2)cc1)C(=O)O. The van der Waals surface area contributed by atoms with Gasteiger partial charge in [0.05, 0.1) is 0 Å². The molecule has 0 aromatic heterocycles. The van der Waals surface area contributed by atoms with Crippen molar-refractivity contribution in [1.82, 2.24) is 0 Å². The number of carboxylic acid groups (broad SMARTS) is 1. The van der Waals surface area contributed by atoms with Gasteiger partial charge in [0.1, 0.15) is 0 Å². The minimum absolute atomic E-state index is 0.0477. The zero-order valence-electron chi connectivity index (χ0n) is 12.3. The lowest BCUT2D eigenvalue weighted by Crippen LogP contribution is -2.20. The Morgan fingerprint density at radius 3 is 2.18 bits per heavy atom. The first-order valence-electron chi connectivity index (χ1n) is 7.01. The van der Waals surface area contributed by atoms with Gasteiger partial charge >= 0.3 is 5.97 Å². The van der Waals surface area contributed by atoms with Crippen LogP contribution in [0.1, 0.15) is 28.4 Å². The molecule has 4 heteroatoms. The Morgan fingerprint density at radius 2 is 1.64 bits per heavy atom. The van der Waals surface area contributed by atoms with E-state index in [9.17, 15) is 9.59 Å². The average molecular weight is 295 g/mol. The topological polar surface area (TPSA) is 66.7 Å². The summed E-state index contributed by atoms with van der Waals surface area (Å²) in [5.74, 6) is -1.00. The largest absolute Gasteiger partial charge is 0.480 e. The van der Waals surface area contributed by atoms with Gasteiger partial charge in [0.2, 0.25) is 0 Å². The lowest BCUT2D eigenvalue weighted by molar-refractivity contribution is -0.138. The zero-order valence-corrected chi connectivity index (χ0v) is 12.3. The van der Waals surface area contributed by atoms with Crippen LogP contribution in [0.4, 0.5) is 0 Å². The Hall–Kier alpha value is -2.75. The van der Waals surface area contributed by atoms with Gasteiger partial charge in [0.15, 0.2) is 11.8 Å². The molecule has 0 heterocycles. The Kier molecular flexibility index (Phi) is 5.20. The first-order chi connectivity index (χ1) is 10.6. The second-order valence-corrected chi connectivity index (χ2v) is 4.86. The highest BCUT2D eigenvalue weighted by atomic mass is 16.4. The highest BCUT2D eigenvalue weighted by Crippen LogP contribution is 2.13. The van der Waals surface area contributed by atoms with Crippen molar-refractivity contribution in [2.45, 2.75) is 19.4 Å². The number of carboxylic acids is 1. The van der Waals surface area contributed by atoms with Crippen LogP contribution in [0.25, 0.3) is 0 Å². The number of ketones is 1. The zero-order chi connectivity index (χ0) is 15.9. The van der Waals surface area contributed by atoms with Crippen molar-refractivity contribution < 1.29 is 14.7 Å². The molecule has 0 amide bonds. The number of hydrogen-bond donors (Lipinski definition) is 1. The Labute approximate surface area is 129 Å². The third kappa shape index (κ3) is 3.88. The molecule has 0 fully saturated rings. The third-order valence-electron chi connectivity index (χ3n) is 3.30. The van der Waals surface area contributed by atoms with Crippen LogP contribution in [0, 0.1) is 0 Å². The molecule has 2 aromatic carbocycles. The number of rotatable bonds is 6. The minimum Gasteiger partial charge on any atom is -0.480 e. The van der Waals surface area contributed by atoms with Gasteiger partial charge in [-0.3, -0.25) is 9.79 Å². The lowest BCUT2D eigenvalue weighted by atomic mass is 10.00. The van der Waals surface area contributed by atoms with E-state index in [0.29, 0.717) is 17.5 Å². The van der Waals surface area contributed by atoms with Crippen molar-refractivity contribution in [1.29, 1.82) is 0 Å². The predicted octanol–water partition coefficient (Wildman–Crippen LogP) is 3.00. The van der Waals surface area contributed by atoms with Crippen molar-refractivity contribution in [2.75, 3.05) is 0 Å². The van der Waals surface area contributed by atoms with Crippen molar-refractivity contribution in [3.05, 3.63) is 71.3 Å². The molecule has 22 heavy (non-hydrogen) atoms. The quantitative estimate of drug-likeness (QED) is 0.658. The van der Waals surface area contributed by atoms with E-state index in [4.69, 9.17) is 5.11 Å². The first-order valence-corrected chi connectivity index (χ1v) is 7.01. The molecule has 0 aliphatic heterocycles. The molecule has 4 nitrogen and oxygen atoms in total. The highest BCUT2D eigenvalue weighted by molar-refractivity contribution is 6.08. The summed E-state index contributed by atoms with van der Waals surface area (Å²) >= 11 is 0. The molecule has 1 unspecified atom stereocenters. The van der Waals surface area contributed by atoms with Crippen LogP contribution in [0.15, 0.2) is 59.6 Å². The van der Waals surface area contributed by atoms with E-state index in [2.05, 4.69) is 4.99 Å². The van der Waals surface area contributed by atoms with E-state index in [1.165, 1.54) is 6.21 Å². The van der Waals surface area contributed by atoms with Gasteiger partial charge in [0.25, 0.3) is 0 Å². The van der Waals surface area contributed by atoms with E-state index in [1.807, 2.05) is 18.2 Å². The molecule has 0 saturated heterocycles. The fraction of sp³-hybridized carbons (Fsp3) is 0.167. The number of aliphatic imine (C=N–C) groups is 1. The van der Waals surface area contributed by atoms with E-state index >= 15 is 0 Å². The number of carbonyl (C=O) groups excluding carboxylic acids is 1. The fourth-order valence-corrected chi connectivity index (χ4v) is 2.16. The van der Waals surface area contributed by atoms with E-state index in [1.54, 1.807) is 43.3 Å². The van der Waals surface area contributed by atoms with Crippen LogP contribution in [0.3, 0.4) is 0 Å². The maximum Gasteiger partial charge on any atom is 0.328 e. The van der Waals surface area contributed by atoms with Crippen LogP contribution < -0.4 is 0 Å². The summed E-state index contributed by atoms with van der Waals surface area (Å²) in [4.78, 5) is 27.3. The molecule has 0 radical (unpaired) electrons. The standard InChI is InChI=1S/C18H17NO3/c1-2-19-16(18(21)22)12-13-8-10-15(11-9-13)17(20)14-6-4-3-5-7-14/h2-11,16H,12H2,1H3,(H,21,22). The predicted molar refractivity (Wildman–Crippen MR) is 85.6 cm³/mol. The molecule has 0 saturated carbocycles. The van der Waals surface area contributed by atoms with Crippen LogP contribution in [0.2, 0.25) is 0 Å². The number of nitrogens with zero attached hydrogens (tertiary/aromatic N) is 1. The van der Waals surface area contributed by atoms with Crippen LogP contribution in [-0.4, -0.2) is 29.1 Å². The second kappa shape index (κ2) is 7.31. The van der Waals surface area contributed by atoms with Gasteiger partial charge in [-0.2, -0.15) is 0 Å². The molecule has 0 aliphatic carbocycles. The molecule has 2 rings (SSSR count). The van der Waals surface area contributed by atoms with Gasteiger partial charge in [-0.25, -0.2) is 4.79 Å². The number of carbonyl (C=O) groups is 2. The monoisotopic (exact) mass is 295 g/mol. The molecule has 0 bridgehead atoms. The van der Waals surface area contributed by atoms with Crippen molar-refractivity contribution in [2.24, 2.45) is 4.99 Å². The van der Waals surface area contributed by atoms with Gasteiger partial charge in [-0.1, -0.05) is 54.6 Å². The Balaban J connectivity index is 2.13. The summed E-state index contributed by atoms with van der Waals surface area (Å²) in [6.45, 7) is 1.69. The average Bonchev–Trinajstić information content (AvgIpc) is 2.55. The summed E-state index contributed by atoms with van der Waals surface area (Å²) in [5.41, 5.74) is 2.05. The molecule has 2 aromatic rings. The molecule has 0 spiro atoms. The molecule has 0 aliphatic rings. The van der Waals surface area contributed by atoms with Gasteiger partial charge in [-0.15, -0.1) is 0 Å². The summed E-state index contributed by atoms with van der Waals surface area (Å²) in [6.07, 6.45) is 1.80. The molecule has 112 valence electrons. The number of aliphatic carboxylic acids is 1. The van der Waals surface area contributed by atoms with Gasteiger partial charge in [-0.05, 0) is 18.7 Å². The minimum atomic E-state index is -0.956. The summed E-state index contributed by atoms with van der Waals surface area (Å²) in [7, 11) is 0. The Morgan fingerprint density at radius 1 is 1.05 bits per heavy atom. The second-order valence-electron chi connectivity index (χ2n) is 4.86. The highest BCUT2D eigenvalue weighted by Gasteiger charge is 2.16. The van der Waals surface area contributed by atoms with Crippen LogP contribution >= 0.6 is 0 Å². The van der Waals surface area contributed by atoms with Crippen molar-refractivity contribution in [3.63, 3.8) is 0 Å². The molecule has 1 N–H and O–H groups in total. The number of benzene rings is 2. The van der Waals surface area contributed by atoms with Crippen molar-refractivity contribution >= 4 is 18.0 Å². The fourth-order valence-electron chi connectivity index (χ4n) is 2.16. The van der Waals surface area contributed by atoms with Gasteiger partial charge in [0, 0.05) is 17.5 Å². The first kappa shape index (κ1) is 15.6. The molecule has 1 atom stereocenters.